The number of nitrogens with one attached hydrogen (secondary N) is 1. The molecular formula is C15H13F3N2O5S. The van der Waals surface area contributed by atoms with Gasteiger partial charge in [-0.3, -0.25) is 14.8 Å². The van der Waals surface area contributed by atoms with Crippen molar-refractivity contribution < 1.29 is 31.2 Å². The lowest BCUT2D eigenvalue weighted by atomic mass is 10.2. The van der Waals surface area contributed by atoms with E-state index < -0.39 is 43.8 Å². The van der Waals surface area contributed by atoms with E-state index >= 15 is 0 Å². The summed E-state index contributed by atoms with van der Waals surface area (Å²) in [7, 11) is -3.07. The van der Waals surface area contributed by atoms with Crippen LogP contribution in [0.5, 0.6) is 5.75 Å². The van der Waals surface area contributed by atoms with Crippen LogP contribution in [0.15, 0.2) is 42.5 Å². The second kappa shape index (κ2) is 7.20. The molecule has 2 rings (SSSR count). The highest BCUT2D eigenvalue weighted by Gasteiger charge is 2.32. The number of rotatable bonds is 6. The van der Waals surface area contributed by atoms with E-state index in [1.807, 2.05) is 4.72 Å². The maximum Gasteiger partial charge on any atom is 0.416 e. The Balaban J connectivity index is 2.37. The fourth-order valence-electron chi connectivity index (χ4n) is 2.18. The van der Waals surface area contributed by atoms with Gasteiger partial charge in [0.2, 0.25) is 10.0 Å². The predicted molar refractivity (Wildman–Crippen MR) is 87.3 cm³/mol. The van der Waals surface area contributed by atoms with Crippen molar-refractivity contribution in [2.24, 2.45) is 0 Å². The molecule has 0 radical (unpaired) electrons. The van der Waals surface area contributed by atoms with Crippen LogP contribution in [0.4, 0.5) is 24.5 Å². The number of alkyl halides is 3. The van der Waals surface area contributed by atoms with Crippen LogP contribution in [-0.4, -0.2) is 20.5 Å². The highest BCUT2D eigenvalue weighted by Crippen LogP contribution is 2.35. The summed E-state index contributed by atoms with van der Waals surface area (Å²) in [5.41, 5.74) is -1.99. The third kappa shape index (κ3) is 4.63. The summed E-state index contributed by atoms with van der Waals surface area (Å²) in [5.74, 6) is -0.909. The molecule has 0 unspecified atom stereocenters. The van der Waals surface area contributed by atoms with Crippen molar-refractivity contribution in [2.75, 3.05) is 11.8 Å². The van der Waals surface area contributed by atoms with E-state index in [-0.39, 0.29) is 11.3 Å². The Kier molecular flexibility index (Phi) is 5.40. The molecule has 1 N–H and O–H groups in total. The summed E-state index contributed by atoms with van der Waals surface area (Å²) < 4.78 is 70.0. The van der Waals surface area contributed by atoms with Gasteiger partial charge in [0.25, 0.3) is 5.69 Å². The molecule has 0 aliphatic carbocycles. The topological polar surface area (TPSA) is 98.5 Å². The van der Waals surface area contributed by atoms with Crippen LogP contribution in [-0.2, 0) is 22.0 Å². The Labute approximate surface area is 146 Å². The molecule has 0 saturated carbocycles. The first-order valence-corrected chi connectivity index (χ1v) is 8.67. The minimum atomic E-state index is -4.68. The number of anilines is 1. The van der Waals surface area contributed by atoms with Crippen molar-refractivity contribution in [3.8, 4) is 5.75 Å². The first-order valence-electron chi connectivity index (χ1n) is 7.01. The zero-order valence-electron chi connectivity index (χ0n) is 13.3. The van der Waals surface area contributed by atoms with Crippen LogP contribution in [0.25, 0.3) is 0 Å². The Hall–Kier alpha value is -2.82. The standard InChI is InChI=1S/C15H13F3N2O5S/c1-25-14-7-6-11(15(16,17)18)8-12(14)19-26(23,24)9-10-4-2-3-5-13(10)20(21)22/h2-8,19H,9H2,1H3. The molecule has 7 nitrogen and oxygen atoms in total. The second-order valence-corrected chi connectivity index (χ2v) is 6.88. The minimum absolute atomic E-state index is 0.101. The summed E-state index contributed by atoms with van der Waals surface area (Å²) in [6, 6.07) is 7.50. The number of benzene rings is 2. The number of para-hydroxylation sites is 1. The maximum absolute atomic E-state index is 12.8. The fourth-order valence-corrected chi connectivity index (χ4v) is 3.40. The molecule has 26 heavy (non-hydrogen) atoms. The van der Waals surface area contributed by atoms with Crippen molar-refractivity contribution in [2.45, 2.75) is 11.9 Å². The van der Waals surface area contributed by atoms with E-state index in [0.29, 0.717) is 6.07 Å². The van der Waals surface area contributed by atoms with E-state index in [1.54, 1.807) is 0 Å². The van der Waals surface area contributed by atoms with E-state index in [4.69, 9.17) is 4.74 Å². The first kappa shape index (κ1) is 19.5. The molecule has 0 saturated heterocycles. The van der Waals surface area contributed by atoms with Gasteiger partial charge in [-0.05, 0) is 18.2 Å². The summed E-state index contributed by atoms with van der Waals surface area (Å²) in [4.78, 5) is 10.2. The Bertz CT molecular complexity index is 929. The van der Waals surface area contributed by atoms with Gasteiger partial charge >= 0.3 is 6.18 Å². The first-order chi connectivity index (χ1) is 12.0. The quantitative estimate of drug-likeness (QED) is 0.601. The largest absolute Gasteiger partial charge is 0.495 e. The lowest BCUT2D eigenvalue weighted by Crippen LogP contribution is -2.17. The number of ether oxygens (including phenoxy) is 1. The number of nitrogens with zero attached hydrogens (tertiary/aromatic N) is 1. The van der Waals surface area contributed by atoms with Crippen LogP contribution >= 0.6 is 0 Å². The van der Waals surface area contributed by atoms with E-state index in [1.165, 1.54) is 25.3 Å². The van der Waals surface area contributed by atoms with Crippen LogP contribution in [0.1, 0.15) is 11.1 Å². The van der Waals surface area contributed by atoms with E-state index in [2.05, 4.69) is 0 Å². The normalized spacial score (nSPS) is 11.8. The van der Waals surface area contributed by atoms with Gasteiger partial charge < -0.3 is 4.74 Å². The zero-order chi connectivity index (χ0) is 19.5. The lowest BCUT2D eigenvalue weighted by molar-refractivity contribution is -0.385. The molecule has 0 aliphatic heterocycles. The van der Waals surface area contributed by atoms with Crippen LogP contribution in [0.3, 0.4) is 0 Å². The molecule has 0 spiro atoms. The summed E-state index contributed by atoms with van der Waals surface area (Å²) >= 11 is 0. The second-order valence-electron chi connectivity index (χ2n) is 5.16. The molecule has 0 aromatic heterocycles. The summed E-state index contributed by atoms with van der Waals surface area (Å²) in [5, 5.41) is 11.0. The van der Waals surface area contributed by atoms with E-state index in [0.717, 1.165) is 18.2 Å². The van der Waals surface area contributed by atoms with Gasteiger partial charge in [-0.1, -0.05) is 18.2 Å². The summed E-state index contributed by atoms with van der Waals surface area (Å²) in [6.07, 6.45) is -4.68. The third-order valence-corrected chi connectivity index (χ3v) is 4.55. The predicted octanol–water partition coefficient (Wildman–Crippen LogP) is 3.56. The van der Waals surface area contributed by atoms with Crippen LogP contribution in [0, 0.1) is 10.1 Å². The van der Waals surface area contributed by atoms with Crippen LogP contribution < -0.4 is 9.46 Å². The highest BCUT2D eigenvalue weighted by atomic mass is 32.2. The fraction of sp³-hybridized carbons (Fsp3) is 0.200. The van der Waals surface area contributed by atoms with Gasteiger partial charge in [-0.15, -0.1) is 0 Å². The number of hydrogen-bond acceptors (Lipinski definition) is 5. The Morgan fingerprint density at radius 1 is 1.19 bits per heavy atom. The monoisotopic (exact) mass is 390 g/mol. The molecule has 11 heteroatoms. The SMILES string of the molecule is COc1ccc(C(F)(F)F)cc1NS(=O)(=O)Cc1ccccc1[N+](=O)[O-]. The Morgan fingerprint density at radius 3 is 2.42 bits per heavy atom. The molecular weight excluding hydrogens is 377 g/mol. The van der Waals surface area contributed by atoms with Crippen molar-refractivity contribution in [3.63, 3.8) is 0 Å². The lowest BCUT2D eigenvalue weighted by Gasteiger charge is -2.14. The molecule has 0 aliphatic rings. The number of sulfonamides is 1. The zero-order valence-corrected chi connectivity index (χ0v) is 14.1. The molecule has 2 aromatic carbocycles. The molecule has 140 valence electrons. The maximum atomic E-state index is 12.8. The third-order valence-electron chi connectivity index (χ3n) is 3.33. The highest BCUT2D eigenvalue weighted by molar-refractivity contribution is 7.91. The number of halogens is 3. The van der Waals surface area contributed by atoms with Gasteiger partial charge in [0.15, 0.2) is 0 Å². The molecule has 0 atom stereocenters. The Morgan fingerprint density at radius 2 is 1.85 bits per heavy atom. The number of nitro groups is 1. The molecule has 0 heterocycles. The smallest absolute Gasteiger partial charge is 0.416 e. The number of hydrogen-bond donors (Lipinski definition) is 1. The van der Waals surface area contributed by atoms with E-state index in [9.17, 15) is 31.7 Å². The van der Waals surface area contributed by atoms with Crippen molar-refractivity contribution in [3.05, 3.63) is 63.7 Å². The molecule has 2 aromatic rings. The molecule has 0 bridgehead atoms. The van der Waals surface area contributed by atoms with Gasteiger partial charge in [-0.25, -0.2) is 8.42 Å². The molecule has 0 amide bonds. The van der Waals surface area contributed by atoms with Gasteiger partial charge in [0.05, 0.1) is 23.3 Å². The minimum Gasteiger partial charge on any atom is -0.495 e. The van der Waals surface area contributed by atoms with Crippen LogP contribution in [0.2, 0.25) is 0 Å². The molecule has 0 fully saturated rings. The average molecular weight is 390 g/mol. The van der Waals surface area contributed by atoms with Crippen molar-refractivity contribution >= 4 is 21.4 Å². The van der Waals surface area contributed by atoms with Gasteiger partial charge in [0.1, 0.15) is 11.5 Å². The van der Waals surface area contributed by atoms with Gasteiger partial charge in [-0.2, -0.15) is 13.2 Å². The van der Waals surface area contributed by atoms with Crippen molar-refractivity contribution in [1.82, 2.24) is 0 Å². The average Bonchev–Trinajstić information content (AvgIpc) is 2.53. The van der Waals surface area contributed by atoms with Crippen molar-refractivity contribution in [1.29, 1.82) is 0 Å². The number of methoxy groups -OCH3 is 1. The number of nitro benzene ring substituents is 1. The van der Waals surface area contributed by atoms with Gasteiger partial charge in [0, 0.05) is 11.6 Å². The summed E-state index contributed by atoms with van der Waals surface area (Å²) in [6.45, 7) is 0.